The molecule has 1 N–H and O–H groups in total. The maximum Gasteiger partial charge on any atom is 0.155 e. The second-order valence-corrected chi connectivity index (χ2v) is 3.72. The number of allylic oxidation sites excluding steroid dienone is 2. The van der Waals surface area contributed by atoms with Crippen LogP contribution < -0.4 is 0 Å². The maximum atomic E-state index is 11.3. The van der Waals surface area contributed by atoms with Crippen molar-refractivity contribution in [1.82, 2.24) is 0 Å². The number of carbonyl (C=O) groups excluding carboxylic acids is 1. The minimum absolute atomic E-state index is 0.145. The van der Waals surface area contributed by atoms with Gasteiger partial charge in [0, 0.05) is 13.0 Å². The fraction of sp³-hybridized carbons (Fsp3) is 0.231. The molecule has 16 heavy (non-hydrogen) atoms. The van der Waals surface area contributed by atoms with Gasteiger partial charge in [-0.15, -0.1) is 0 Å². The Morgan fingerprint density at radius 1 is 1.12 bits per heavy atom. The van der Waals surface area contributed by atoms with Crippen molar-refractivity contribution >= 4 is 11.5 Å². The van der Waals surface area contributed by atoms with Gasteiger partial charge in [-0.3, -0.25) is 9.79 Å². The van der Waals surface area contributed by atoms with E-state index in [9.17, 15) is 9.90 Å². The van der Waals surface area contributed by atoms with Gasteiger partial charge in [0.1, 0.15) is 5.75 Å². The normalized spacial score (nSPS) is 18.5. The number of phenolic OH excluding ortho intramolecular Hbond substituents is 1. The molecule has 0 amide bonds. The molecule has 0 unspecified atom stereocenters. The first kappa shape index (κ1) is 10.6. The van der Waals surface area contributed by atoms with E-state index in [0.29, 0.717) is 13.0 Å². The number of hydrogen-bond donors (Lipinski definition) is 1. The zero-order valence-electron chi connectivity index (χ0n) is 8.89. The van der Waals surface area contributed by atoms with Crippen LogP contribution in [-0.4, -0.2) is 23.1 Å². The van der Waals surface area contributed by atoms with E-state index in [1.165, 1.54) is 0 Å². The number of hydrogen-bond acceptors (Lipinski definition) is 3. The van der Waals surface area contributed by atoms with Gasteiger partial charge in [-0.25, -0.2) is 0 Å². The molecule has 0 fully saturated rings. The van der Waals surface area contributed by atoms with Crippen molar-refractivity contribution in [2.45, 2.75) is 12.8 Å². The van der Waals surface area contributed by atoms with Crippen molar-refractivity contribution in [3.8, 4) is 5.75 Å². The summed E-state index contributed by atoms with van der Waals surface area (Å²) in [6, 6.07) is 6.83. The first-order valence-corrected chi connectivity index (χ1v) is 5.30. The maximum absolute atomic E-state index is 11.3. The van der Waals surface area contributed by atoms with Gasteiger partial charge in [0.2, 0.25) is 0 Å². The van der Waals surface area contributed by atoms with Crippen molar-refractivity contribution in [1.29, 1.82) is 0 Å². The van der Waals surface area contributed by atoms with Gasteiger partial charge in [-0.05, 0) is 48.4 Å². The molecule has 2 rings (SSSR count). The van der Waals surface area contributed by atoms with Crippen LogP contribution in [0.1, 0.15) is 18.4 Å². The molecule has 0 radical (unpaired) electrons. The van der Waals surface area contributed by atoms with E-state index in [1.54, 1.807) is 36.4 Å². The highest BCUT2D eigenvalue weighted by Gasteiger charge is 2.05. The topological polar surface area (TPSA) is 49.7 Å². The van der Waals surface area contributed by atoms with Crippen molar-refractivity contribution in [3.63, 3.8) is 0 Å². The lowest BCUT2D eigenvalue weighted by atomic mass is 10.1. The molecule has 0 saturated carbocycles. The van der Waals surface area contributed by atoms with Gasteiger partial charge in [-0.1, -0.05) is 0 Å². The fourth-order valence-electron chi connectivity index (χ4n) is 1.58. The lowest BCUT2D eigenvalue weighted by Gasteiger charge is -2.05. The van der Waals surface area contributed by atoms with Crippen molar-refractivity contribution in [2.75, 3.05) is 6.54 Å². The van der Waals surface area contributed by atoms with Crippen LogP contribution in [0.15, 0.2) is 41.4 Å². The molecular weight excluding hydrogens is 202 g/mol. The Morgan fingerprint density at radius 2 is 1.88 bits per heavy atom. The minimum Gasteiger partial charge on any atom is -0.508 e. The summed E-state index contributed by atoms with van der Waals surface area (Å²) in [6.07, 6.45) is 4.69. The van der Waals surface area contributed by atoms with E-state index in [-0.39, 0.29) is 11.5 Å². The Labute approximate surface area is 94.1 Å². The molecule has 3 nitrogen and oxygen atoms in total. The van der Waals surface area contributed by atoms with Crippen molar-refractivity contribution in [3.05, 3.63) is 42.0 Å². The first-order chi connectivity index (χ1) is 7.75. The number of rotatable bonds is 1. The molecule has 0 aliphatic carbocycles. The number of ketones is 1. The highest BCUT2D eigenvalue weighted by Crippen LogP contribution is 2.12. The molecule has 0 atom stereocenters. The van der Waals surface area contributed by atoms with Crippen molar-refractivity contribution < 1.29 is 9.90 Å². The molecule has 82 valence electrons. The Bertz CT molecular complexity index is 444. The van der Waals surface area contributed by atoms with Crippen LogP contribution in [0, 0.1) is 0 Å². The first-order valence-electron chi connectivity index (χ1n) is 5.30. The van der Waals surface area contributed by atoms with Gasteiger partial charge in [-0.2, -0.15) is 0 Å². The zero-order valence-corrected chi connectivity index (χ0v) is 8.89. The van der Waals surface area contributed by atoms with Crippen LogP contribution in [0.25, 0.3) is 0 Å². The summed E-state index contributed by atoms with van der Waals surface area (Å²) in [7, 11) is 0. The third-order valence-corrected chi connectivity index (χ3v) is 2.45. The molecule has 1 aliphatic rings. The monoisotopic (exact) mass is 215 g/mol. The van der Waals surface area contributed by atoms with Crippen LogP contribution in [0.5, 0.6) is 5.75 Å². The summed E-state index contributed by atoms with van der Waals surface area (Å²) in [5, 5.41) is 9.19. The van der Waals surface area contributed by atoms with Gasteiger partial charge >= 0.3 is 0 Å². The average molecular weight is 215 g/mol. The number of phenols is 1. The average Bonchev–Trinajstić information content (AvgIpc) is 2.26. The fourth-order valence-corrected chi connectivity index (χ4v) is 1.58. The van der Waals surface area contributed by atoms with Gasteiger partial charge in [0.05, 0.1) is 5.71 Å². The number of carbonyl (C=O) groups is 1. The molecule has 0 spiro atoms. The highest BCUT2D eigenvalue weighted by molar-refractivity contribution is 6.11. The predicted molar refractivity (Wildman–Crippen MR) is 62.9 cm³/mol. The smallest absolute Gasteiger partial charge is 0.155 e. The zero-order chi connectivity index (χ0) is 11.4. The molecule has 1 aliphatic heterocycles. The quantitative estimate of drug-likeness (QED) is 0.779. The molecule has 1 aromatic carbocycles. The lowest BCUT2D eigenvalue weighted by Crippen LogP contribution is -2.04. The summed E-state index contributed by atoms with van der Waals surface area (Å²) in [5.74, 6) is 0.376. The van der Waals surface area contributed by atoms with E-state index in [1.807, 2.05) is 0 Å². The van der Waals surface area contributed by atoms with E-state index < -0.39 is 0 Å². The Balaban J connectivity index is 2.28. The molecular formula is C13H13NO2. The van der Waals surface area contributed by atoms with E-state index in [2.05, 4.69) is 4.99 Å². The molecule has 1 heterocycles. The number of nitrogens with zero attached hydrogens (tertiary/aromatic N) is 1. The van der Waals surface area contributed by atoms with Gasteiger partial charge in [0.25, 0.3) is 0 Å². The molecule has 1 aromatic rings. The second kappa shape index (κ2) is 4.75. The lowest BCUT2D eigenvalue weighted by molar-refractivity contribution is -0.114. The summed E-state index contributed by atoms with van der Waals surface area (Å²) in [6.45, 7) is 0.673. The third kappa shape index (κ3) is 2.57. The van der Waals surface area contributed by atoms with Crippen molar-refractivity contribution in [2.24, 2.45) is 4.99 Å². The van der Waals surface area contributed by atoms with Crippen LogP contribution in [-0.2, 0) is 4.79 Å². The van der Waals surface area contributed by atoms with E-state index >= 15 is 0 Å². The second-order valence-electron chi connectivity index (χ2n) is 3.72. The summed E-state index contributed by atoms with van der Waals surface area (Å²) in [5.41, 5.74) is 1.72. The predicted octanol–water partition coefficient (Wildman–Crippen LogP) is 2.10. The van der Waals surface area contributed by atoms with Crippen LogP contribution in [0.4, 0.5) is 0 Å². The summed E-state index contributed by atoms with van der Waals surface area (Å²) in [4.78, 5) is 15.7. The van der Waals surface area contributed by atoms with Gasteiger partial charge < -0.3 is 5.11 Å². The molecule has 3 heteroatoms. The Hall–Kier alpha value is -1.90. The SMILES string of the molecule is O=C1/C=C\C(c2ccc(O)cc2)=NCCC1. The minimum atomic E-state index is 0.145. The largest absolute Gasteiger partial charge is 0.508 e. The highest BCUT2D eigenvalue weighted by atomic mass is 16.3. The summed E-state index contributed by atoms with van der Waals surface area (Å²) < 4.78 is 0. The Morgan fingerprint density at radius 3 is 2.62 bits per heavy atom. The Kier molecular flexibility index (Phi) is 3.15. The number of benzene rings is 1. The third-order valence-electron chi connectivity index (χ3n) is 2.45. The van der Waals surface area contributed by atoms with Crippen LogP contribution >= 0.6 is 0 Å². The molecule has 0 aromatic heterocycles. The number of aliphatic imine (C=N–C) groups is 1. The molecule has 0 bridgehead atoms. The standard InChI is InChI=1S/C13H13NO2/c15-11-2-1-9-14-13(8-7-11)10-3-5-12(16)6-4-10/h3-8,16H,1-2,9H2/b8-7-,14-13?. The molecule has 0 saturated heterocycles. The van der Waals surface area contributed by atoms with Crippen LogP contribution in [0.2, 0.25) is 0 Å². The number of aromatic hydroxyl groups is 1. The summed E-state index contributed by atoms with van der Waals surface area (Å²) >= 11 is 0. The van der Waals surface area contributed by atoms with Crippen LogP contribution in [0.3, 0.4) is 0 Å². The van der Waals surface area contributed by atoms with Gasteiger partial charge in [0.15, 0.2) is 5.78 Å². The van der Waals surface area contributed by atoms with E-state index in [4.69, 9.17) is 0 Å². The van der Waals surface area contributed by atoms with E-state index in [0.717, 1.165) is 17.7 Å².